The van der Waals surface area contributed by atoms with E-state index in [2.05, 4.69) is 18.7 Å². The highest BCUT2D eigenvalue weighted by Crippen LogP contribution is 2.19. The van der Waals surface area contributed by atoms with Gasteiger partial charge in [-0.25, -0.2) is 0 Å². The highest BCUT2D eigenvalue weighted by Gasteiger charge is 2.25. The van der Waals surface area contributed by atoms with E-state index in [0.717, 1.165) is 45.1 Å². The van der Waals surface area contributed by atoms with Gasteiger partial charge < -0.3 is 14.9 Å². The van der Waals surface area contributed by atoms with Gasteiger partial charge in [-0.1, -0.05) is 104 Å². The van der Waals surface area contributed by atoms with Crippen LogP contribution in [0.3, 0.4) is 0 Å². The summed E-state index contributed by atoms with van der Waals surface area (Å²) in [6.45, 7) is 6.07. The Labute approximate surface area is 205 Å². The second-order valence-electron chi connectivity index (χ2n) is 10.1. The standard InChI is InChI=1S/C28H56N2O3/c1-5-7-9-11-13-15-17-19-24-30(27(31)22-20-23-29(3)4)26(25-28(32)33)21-18-16-14-12-10-8-6-2/h26H,5-25H2,1-4H3,(H,32,33). The summed E-state index contributed by atoms with van der Waals surface area (Å²) in [5.74, 6) is -0.640. The first kappa shape index (κ1) is 31.9. The second-order valence-corrected chi connectivity index (χ2v) is 10.1. The van der Waals surface area contributed by atoms with E-state index in [-0.39, 0.29) is 18.4 Å². The van der Waals surface area contributed by atoms with Gasteiger partial charge in [-0.05, 0) is 39.9 Å². The molecule has 0 aromatic carbocycles. The first-order chi connectivity index (χ1) is 15.9. The normalized spacial score (nSPS) is 12.3. The topological polar surface area (TPSA) is 60.9 Å². The molecule has 0 fully saturated rings. The Balaban J connectivity index is 4.72. The van der Waals surface area contributed by atoms with E-state index in [1.54, 1.807) is 0 Å². The molecule has 0 aliphatic carbocycles. The number of aliphatic carboxylic acids is 1. The van der Waals surface area contributed by atoms with Gasteiger partial charge in [-0.15, -0.1) is 0 Å². The smallest absolute Gasteiger partial charge is 0.305 e. The number of rotatable bonds is 24. The highest BCUT2D eigenvalue weighted by molar-refractivity contribution is 5.77. The Morgan fingerprint density at radius 2 is 1.15 bits per heavy atom. The minimum Gasteiger partial charge on any atom is -0.481 e. The third-order valence-electron chi connectivity index (χ3n) is 6.56. The molecule has 0 aliphatic rings. The van der Waals surface area contributed by atoms with Crippen molar-refractivity contribution < 1.29 is 14.7 Å². The molecule has 0 aromatic rings. The summed E-state index contributed by atoms with van der Waals surface area (Å²) < 4.78 is 0. The molecule has 0 spiro atoms. The van der Waals surface area contributed by atoms with Gasteiger partial charge in [0.25, 0.3) is 0 Å². The molecule has 5 nitrogen and oxygen atoms in total. The van der Waals surface area contributed by atoms with Crippen molar-refractivity contribution in [3.8, 4) is 0 Å². The van der Waals surface area contributed by atoms with Crippen molar-refractivity contribution in [3.05, 3.63) is 0 Å². The van der Waals surface area contributed by atoms with E-state index < -0.39 is 5.97 Å². The second kappa shape index (κ2) is 22.7. The van der Waals surface area contributed by atoms with Gasteiger partial charge in [0.05, 0.1) is 6.42 Å². The SMILES string of the molecule is CCCCCCCCCCN(C(=O)CCCN(C)C)C(CCCCCCCCC)CC(=O)O. The van der Waals surface area contributed by atoms with Gasteiger partial charge in [0.2, 0.25) is 5.91 Å². The fourth-order valence-corrected chi connectivity index (χ4v) is 4.52. The van der Waals surface area contributed by atoms with Gasteiger partial charge in [0, 0.05) is 19.0 Å². The van der Waals surface area contributed by atoms with Crippen LogP contribution in [0, 0.1) is 0 Å². The molecule has 0 saturated carbocycles. The molecule has 1 atom stereocenters. The van der Waals surface area contributed by atoms with E-state index in [1.165, 1.54) is 70.6 Å². The zero-order valence-corrected chi connectivity index (χ0v) is 22.6. The molecule has 5 heteroatoms. The van der Waals surface area contributed by atoms with E-state index >= 15 is 0 Å². The third kappa shape index (κ3) is 20.0. The van der Waals surface area contributed by atoms with Gasteiger partial charge in [0.1, 0.15) is 0 Å². The fraction of sp³-hybridized carbons (Fsp3) is 0.929. The van der Waals surface area contributed by atoms with Crippen molar-refractivity contribution >= 4 is 11.9 Å². The quantitative estimate of drug-likeness (QED) is 0.151. The molecule has 0 aromatic heterocycles. The number of unbranched alkanes of at least 4 members (excludes halogenated alkanes) is 13. The van der Waals surface area contributed by atoms with Gasteiger partial charge in [0.15, 0.2) is 0 Å². The number of amides is 1. The van der Waals surface area contributed by atoms with E-state index in [0.29, 0.717) is 13.0 Å². The average molecular weight is 469 g/mol. The van der Waals surface area contributed by atoms with Crippen molar-refractivity contribution in [2.24, 2.45) is 0 Å². The molecule has 0 radical (unpaired) electrons. The van der Waals surface area contributed by atoms with Crippen LogP contribution in [0.1, 0.15) is 136 Å². The number of nitrogens with zero attached hydrogens (tertiary/aromatic N) is 2. The summed E-state index contributed by atoms with van der Waals surface area (Å²) in [4.78, 5) is 28.8. The number of hydrogen-bond acceptors (Lipinski definition) is 3. The molecule has 0 rings (SSSR count). The molecule has 0 saturated heterocycles. The summed E-state index contributed by atoms with van der Waals surface area (Å²) in [5.41, 5.74) is 0. The van der Waals surface area contributed by atoms with Crippen molar-refractivity contribution in [3.63, 3.8) is 0 Å². The van der Waals surface area contributed by atoms with Crippen molar-refractivity contribution in [2.45, 2.75) is 142 Å². The van der Waals surface area contributed by atoms with Crippen LogP contribution >= 0.6 is 0 Å². The van der Waals surface area contributed by atoms with Crippen LogP contribution in [0.2, 0.25) is 0 Å². The van der Waals surface area contributed by atoms with Crippen LogP contribution < -0.4 is 0 Å². The van der Waals surface area contributed by atoms with Crippen LogP contribution in [0.15, 0.2) is 0 Å². The van der Waals surface area contributed by atoms with Crippen LogP contribution in [-0.2, 0) is 9.59 Å². The van der Waals surface area contributed by atoms with Crippen LogP contribution in [-0.4, -0.2) is 60.0 Å². The lowest BCUT2D eigenvalue weighted by molar-refractivity contribution is -0.141. The molecule has 0 bridgehead atoms. The van der Waals surface area contributed by atoms with Gasteiger partial charge in [-0.2, -0.15) is 0 Å². The minimum atomic E-state index is -0.787. The molecule has 1 N–H and O–H groups in total. The van der Waals surface area contributed by atoms with E-state index in [1.807, 2.05) is 19.0 Å². The maximum absolute atomic E-state index is 13.1. The molecule has 1 unspecified atom stereocenters. The van der Waals surface area contributed by atoms with Crippen LogP contribution in [0.5, 0.6) is 0 Å². The molecular weight excluding hydrogens is 412 g/mol. The Morgan fingerprint density at radius 1 is 0.667 bits per heavy atom. The zero-order valence-electron chi connectivity index (χ0n) is 22.6. The van der Waals surface area contributed by atoms with E-state index in [4.69, 9.17) is 0 Å². The molecule has 33 heavy (non-hydrogen) atoms. The summed E-state index contributed by atoms with van der Waals surface area (Å²) in [7, 11) is 4.05. The van der Waals surface area contributed by atoms with Crippen molar-refractivity contribution in [1.29, 1.82) is 0 Å². The monoisotopic (exact) mass is 468 g/mol. The lowest BCUT2D eigenvalue weighted by Gasteiger charge is -2.32. The summed E-state index contributed by atoms with van der Waals surface area (Å²) in [6, 6.07) is -0.158. The van der Waals surface area contributed by atoms with Crippen molar-refractivity contribution in [2.75, 3.05) is 27.2 Å². The number of carbonyl (C=O) groups is 2. The van der Waals surface area contributed by atoms with Crippen LogP contribution in [0.4, 0.5) is 0 Å². The fourth-order valence-electron chi connectivity index (χ4n) is 4.52. The Hall–Kier alpha value is -1.10. The Kier molecular flexibility index (Phi) is 21.9. The molecule has 1 amide bonds. The summed E-state index contributed by atoms with van der Waals surface area (Å²) in [6.07, 6.45) is 20.6. The minimum absolute atomic E-state index is 0.0757. The predicted octanol–water partition coefficient (Wildman–Crippen LogP) is 7.28. The van der Waals surface area contributed by atoms with Crippen molar-refractivity contribution in [1.82, 2.24) is 9.80 Å². The maximum atomic E-state index is 13.1. The molecule has 0 aliphatic heterocycles. The highest BCUT2D eigenvalue weighted by atomic mass is 16.4. The van der Waals surface area contributed by atoms with E-state index in [9.17, 15) is 14.7 Å². The first-order valence-corrected chi connectivity index (χ1v) is 14.1. The van der Waals surface area contributed by atoms with Crippen LogP contribution in [0.25, 0.3) is 0 Å². The lowest BCUT2D eigenvalue weighted by atomic mass is 10.0. The Morgan fingerprint density at radius 3 is 1.64 bits per heavy atom. The first-order valence-electron chi connectivity index (χ1n) is 14.1. The lowest BCUT2D eigenvalue weighted by Crippen LogP contribution is -2.42. The Bertz CT molecular complexity index is 468. The number of carboxylic acid groups (broad SMARTS) is 1. The summed E-state index contributed by atoms with van der Waals surface area (Å²) >= 11 is 0. The molecular formula is C28H56N2O3. The maximum Gasteiger partial charge on any atom is 0.305 e. The molecule has 0 heterocycles. The molecule has 196 valence electrons. The zero-order chi connectivity index (χ0) is 24.7. The third-order valence-corrected chi connectivity index (χ3v) is 6.56. The number of hydrogen-bond donors (Lipinski definition) is 1. The predicted molar refractivity (Wildman–Crippen MR) is 141 cm³/mol. The van der Waals surface area contributed by atoms with Gasteiger partial charge >= 0.3 is 5.97 Å². The number of carboxylic acids is 1. The number of carbonyl (C=O) groups excluding carboxylic acids is 1. The summed E-state index contributed by atoms with van der Waals surface area (Å²) in [5, 5.41) is 9.53. The largest absolute Gasteiger partial charge is 0.481 e. The van der Waals surface area contributed by atoms with Gasteiger partial charge in [-0.3, -0.25) is 9.59 Å². The average Bonchev–Trinajstić information content (AvgIpc) is 2.76.